The first-order valence-electron chi connectivity index (χ1n) is 10.9. The van der Waals surface area contributed by atoms with Gasteiger partial charge in [-0.2, -0.15) is 0 Å². The molecule has 1 aliphatic carbocycles. The highest BCUT2D eigenvalue weighted by Crippen LogP contribution is 2.57. The molecule has 0 radical (unpaired) electrons. The second-order valence-electron chi connectivity index (χ2n) is 9.03. The maximum absolute atomic E-state index is 3.89. The molecular formula is C28H26N2. The van der Waals surface area contributed by atoms with Crippen molar-refractivity contribution >= 4 is 22.2 Å². The van der Waals surface area contributed by atoms with Crippen molar-refractivity contribution < 1.29 is 0 Å². The molecule has 1 aromatic heterocycles. The van der Waals surface area contributed by atoms with Gasteiger partial charge in [0.05, 0.1) is 5.54 Å². The Morgan fingerprint density at radius 3 is 2.47 bits per heavy atom. The molecule has 2 N–H and O–H groups in total. The van der Waals surface area contributed by atoms with Crippen molar-refractivity contribution in [3.63, 3.8) is 0 Å². The fourth-order valence-corrected chi connectivity index (χ4v) is 5.98. The third-order valence-corrected chi connectivity index (χ3v) is 7.10. The van der Waals surface area contributed by atoms with E-state index in [1.54, 1.807) is 0 Å². The summed E-state index contributed by atoms with van der Waals surface area (Å²) in [4.78, 5) is 3.61. The van der Waals surface area contributed by atoms with Gasteiger partial charge in [-0.1, -0.05) is 72.8 Å². The largest absolute Gasteiger partial charge is 0.376 e. The second-order valence-corrected chi connectivity index (χ2v) is 9.03. The highest BCUT2D eigenvalue weighted by Gasteiger charge is 2.48. The van der Waals surface area contributed by atoms with Gasteiger partial charge in [0, 0.05) is 33.8 Å². The van der Waals surface area contributed by atoms with E-state index in [1.807, 2.05) is 0 Å². The SMILES string of the molecule is Cc1[nH]c2ccccc2c1C1=C[C@@]2(C)Nc3ccccc3[C@@H]2[C@@H](c2ccccc2)C1. The highest BCUT2D eigenvalue weighted by atomic mass is 15.0. The van der Waals surface area contributed by atoms with Crippen molar-refractivity contribution in [3.8, 4) is 0 Å². The summed E-state index contributed by atoms with van der Waals surface area (Å²) in [5.41, 5.74) is 9.34. The molecule has 0 saturated heterocycles. The summed E-state index contributed by atoms with van der Waals surface area (Å²) in [6.07, 6.45) is 3.56. The minimum absolute atomic E-state index is 0.109. The number of aromatic nitrogens is 1. The Morgan fingerprint density at radius 2 is 1.60 bits per heavy atom. The molecule has 2 heterocycles. The molecule has 0 amide bonds. The van der Waals surface area contributed by atoms with Gasteiger partial charge in [0.1, 0.15) is 0 Å². The van der Waals surface area contributed by atoms with Crippen LogP contribution in [0.25, 0.3) is 16.5 Å². The van der Waals surface area contributed by atoms with Crippen LogP contribution in [-0.2, 0) is 0 Å². The van der Waals surface area contributed by atoms with E-state index in [1.165, 1.54) is 44.5 Å². The van der Waals surface area contributed by atoms with Crippen LogP contribution in [-0.4, -0.2) is 10.5 Å². The Balaban J connectivity index is 1.57. The maximum Gasteiger partial charge on any atom is 0.0609 e. The number of hydrogen-bond donors (Lipinski definition) is 2. The summed E-state index contributed by atoms with van der Waals surface area (Å²) in [5.74, 6) is 0.853. The molecule has 4 aromatic rings. The minimum atomic E-state index is -0.109. The molecule has 0 saturated carbocycles. The fourth-order valence-electron chi connectivity index (χ4n) is 5.98. The van der Waals surface area contributed by atoms with E-state index < -0.39 is 0 Å². The quantitative estimate of drug-likeness (QED) is 0.378. The van der Waals surface area contributed by atoms with Gasteiger partial charge in [0.25, 0.3) is 0 Å². The molecule has 30 heavy (non-hydrogen) atoms. The number of fused-ring (bicyclic) bond motifs is 4. The number of para-hydroxylation sites is 2. The fraction of sp³-hybridized carbons (Fsp3) is 0.214. The highest BCUT2D eigenvalue weighted by molar-refractivity contribution is 5.95. The number of rotatable bonds is 2. The van der Waals surface area contributed by atoms with Crippen molar-refractivity contribution in [3.05, 3.63) is 107 Å². The summed E-state index contributed by atoms with van der Waals surface area (Å²) < 4.78 is 0. The number of benzene rings is 3. The van der Waals surface area contributed by atoms with Gasteiger partial charge in [0.15, 0.2) is 0 Å². The van der Waals surface area contributed by atoms with Crippen LogP contribution in [0.2, 0.25) is 0 Å². The first-order valence-corrected chi connectivity index (χ1v) is 10.9. The predicted octanol–water partition coefficient (Wildman–Crippen LogP) is 7.02. The topological polar surface area (TPSA) is 27.8 Å². The van der Waals surface area contributed by atoms with Crippen LogP contribution in [0.15, 0.2) is 84.9 Å². The molecule has 0 fully saturated rings. The van der Waals surface area contributed by atoms with Crippen LogP contribution < -0.4 is 5.32 Å². The molecular weight excluding hydrogens is 364 g/mol. The first kappa shape index (κ1) is 17.6. The van der Waals surface area contributed by atoms with Crippen LogP contribution in [0, 0.1) is 6.92 Å². The number of H-pyrrole nitrogens is 1. The lowest BCUT2D eigenvalue weighted by molar-refractivity contribution is 0.426. The third-order valence-electron chi connectivity index (χ3n) is 7.10. The average molecular weight is 391 g/mol. The normalized spacial score (nSPS) is 24.8. The van der Waals surface area contributed by atoms with E-state index in [0.717, 1.165) is 6.42 Å². The van der Waals surface area contributed by atoms with Crippen LogP contribution in [0.5, 0.6) is 0 Å². The Bertz CT molecular complexity index is 1280. The van der Waals surface area contributed by atoms with E-state index in [-0.39, 0.29) is 5.54 Å². The van der Waals surface area contributed by atoms with Crippen molar-refractivity contribution in [2.75, 3.05) is 5.32 Å². The molecule has 3 atom stereocenters. The van der Waals surface area contributed by atoms with E-state index in [0.29, 0.717) is 11.8 Å². The van der Waals surface area contributed by atoms with Gasteiger partial charge < -0.3 is 10.3 Å². The molecule has 3 aromatic carbocycles. The lowest BCUT2D eigenvalue weighted by Crippen LogP contribution is -2.40. The molecule has 0 unspecified atom stereocenters. The van der Waals surface area contributed by atoms with Crippen LogP contribution >= 0.6 is 0 Å². The summed E-state index contributed by atoms with van der Waals surface area (Å²) >= 11 is 0. The summed E-state index contributed by atoms with van der Waals surface area (Å²) in [5, 5.41) is 5.21. The van der Waals surface area contributed by atoms with Gasteiger partial charge in [-0.25, -0.2) is 0 Å². The number of hydrogen-bond acceptors (Lipinski definition) is 1. The second kappa shape index (κ2) is 6.37. The number of anilines is 1. The first-order chi connectivity index (χ1) is 14.6. The van der Waals surface area contributed by atoms with Gasteiger partial charge in [-0.05, 0) is 55.0 Å². The van der Waals surface area contributed by atoms with Gasteiger partial charge in [-0.3, -0.25) is 0 Å². The average Bonchev–Trinajstić information content (AvgIpc) is 3.26. The lowest BCUT2D eigenvalue weighted by atomic mass is 9.65. The summed E-state index contributed by atoms with van der Waals surface area (Å²) in [6.45, 7) is 4.58. The number of aryl methyl sites for hydroxylation is 1. The molecule has 2 heteroatoms. The Kier molecular flexibility index (Phi) is 3.73. The van der Waals surface area contributed by atoms with Crippen LogP contribution in [0.3, 0.4) is 0 Å². The van der Waals surface area contributed by atoms with Crippen LogP contribution in [0.4, 0.5) is 5.69 Å². The van der Waals surface area contributed by atoms with Gasteiger partial charge in [-0.15, -0.1) is 0 Å². The number of nitrogens with one attached hydrogen (secondary N) is 2. The van der Waals surface area contributed by atoms with Gasteiger partial charge in [0.2, 0.25) is 0 Å². The molecule has 148 valence electrons. The zero-order valence-electron chi connectivity index (χ0n) is 17.4. The summed E-state index contributed by atoms with van der Waals surface area (Å²) in [6, 6.07) is 28.6. The third kappa shape index (κ3) is 2.50. The molecule has 6 rings (SSSR count). The molecule has 2 nitrogen and oxygen atoms in total. The molecule has 2 aliphatic rings. The number of aromatic amines is 1. The van der Waals surface area contributed by atoms with Crippen molar-refractivity contribution in [2.24, 2.45) is 0 Å². The van der Waals surface area contributed by atoms with E-state index >= 15 is 0 Å². The van der Waals surface area contributed by atoms with Gasteiger partial charge >= 0.3 is 0 Å². The van der Waals surface area contributed by atoms with E-state index in [2.05, 4.69) is 109 Å². The molecule has 0 spiro atoms. The summed E-state index contributed by atoms with van der Waals surface area (Å²) in [7, 11) is 0. The Labute approximate surface area is 177 Å². The van der Waals surface area contributed by atoms with Crippen molar-refractivity contribution in [1.82, 2.24) is 4.98 Å². The Morgan fingerprint density at radius 1 is 0.867 bits per heavy atom. The predicted molar refractivity (Wildman–Crippen MR) is 126 cm³/mol. The molecule has 1 aliphatic heterocycles. The smallest absolute Gasteiger partial charge is 0.0609 e. The zero-order valence-corrected chi connectivity index (χ0v) is 17.4. The van der Waals surface area contributed by atoms with E-state index in [9.17, 15) is 0 Å². The monoisotopic (exact) mass is 390 g/mol. The van der Waals surface area contributed by atoms with Crippen LogP contribution in [0.1, 0.15) is 47.6 Å². The minimum Gasteiger partial charge on any atom is -0.376 e. The van der Waals surface area contributed by atoms with E-state index in [4.69, 9.17) is 0 Å². The Hall–Kier alpha value is -3.26. The molecule has 0 bridgehead atoms. The standard InChI is InChI=1S/C28H26N2/c1-18-26(21-12-6-8-14-24(21)29-18)20-16-23(19-10-4-3-5-11-19)27-22-13-7-9-15-25(22)30-28(27,2)17-20/h3-15,17,23,27,29-30H,16H2,1-2H3/t23-,27-,28-/m1/s1. The maximum atomic E-state index is 3.89. The number of allylic oxidation sites excluding steroid dienone is 1. The van der Waals surface area contributed by atoms with Crippen molar-refractivity contribution in [1.29, 1.82) is 0 Å². The zero-order chi connectivity index (χ0) is 20.3. The lowest BCUT2D eigenvalue weighted by Gasteiger charge is -2.41. The van der Waals surface area contributed by atoms with Crippen molar-refractivity contribution in [2.45, 2.75) is 37.6 Å².